The van der Waals surface area contributed by atoms with Crippen LogP contribution in [0.5, 0.6) is 0 Å². The van der Waals surface area contributed by atoms with Crippen LogP contribution in [0.1, 0.15) is 40.2 Å². The Morgan fingerprint density at radius 2 is 1.87 bits per heavy atom. The molecule has 150 valence electrons. The summed E-state index contributed by atoms with van der Waals surface area (Å²) in [7, 11) is 0. The van der Waals surface area contributed by atoms with E-state index in [9.17, 15) is 9.18 Å². The quantitative estimate of drug-likeness (QED) is 0.527. The number of fused-ring (bicyclic) bond motifs is 1. The highest BCUT2D eigenvalue weighted by Gasteiger charge is 2.31. The molecule has 3 heterocycles. The zero-order valence-electron chi connectivity index (χ0n) is 15.8. The minimum absolute atomic E-state index is 0.00780. The summed E-state index contributed by atoms with van der Waals surface area (Å²) >= 11 is 0. The van der Waals surface area contributed by atoms with Crippen LogP contribution in [0.4, 0.5) is 16.3 Å². The van der Waals surface area contributed by atoms with E-state index in [4.69, 9.17) is 4.42 Å². The number of carbonyl (C=O) groups is 1. The Kier molecular flexibility index (Phi) is 4.51. The van der Waals surface area contributed by atoms with Crippen LogP contribution in [0.15, 0.2) is 77.4 Å². The molecule has 2 N–H and O–H groups in total. The summed E-state index contributed by atoms with van der Waals surface area (Å²) in [5.74, 6) is 0.144. The standard InChI is InChI=1S/C22H18FN5O2/c23-16-10-8-15(9-11-16)18-13-17(14-5-2-1-3-6-14)24-22-26-21(27-28(18)22)25-20(29)19-7-4-12-30-19/h1-12,17-18H,13H2,(H2,24,25,26,27,29)/t17-,18+/m1/s1. The molecular formula is C22H18FN5O2. The maximum absolute atomic E-state index is 13.5. The van der Waals surface area contributed by atoms with Gasteiger partial charge in [-0.3, -0.25) is 10.1 Å². The van der Waals surface area contributed by atoms with E-state index in [-0.39, 0.29) is 29.6 Å². The van der Waals surface area contributed by atoms with Crippen LogP contribution >= 0.6 is 0 Å². The number of hydrogen-bond acceptors (Lipinski definition) is 5. The van der Waals surface area contributed by atoms with Gasteiger partial charge in [0.25, 0.3) is 11.9 Å². The largest absolute Gasteiger partial charge is 0.459 e. The first kappa shape index (κ1) is 18.1. The molecule has 30 heavy (non-hydrogen) atoms. The molecule has 2 atom stereocenters. The van der Waals surface area contributed by atoms with Gasteiger partial charge in [0, 0.05) is 0 Å². The van der Waals surface area contributed by atoms with Crippen molar-refractivity contribution in [2.45, 2.75) is 18.5 Å². The lowest BCUT2D eigenvalue weighted by atomic mass is 9.93. The molecule has 2 aromatic carbocycles. The number of aromatic nitrogens is 3. The number of halogens is 1. The van der Waals surface area contributed by atoms with Crippen molar-refractivity contribution in [2.75, 3.05) is 10.6 Å². The molecule has 0 saturated carbocycles. The molecule has 0 saturated heterocycles. The summed E-state index contributed by atoms with van der Waals surface area (Å²) in [5, 5.41) is 10.5. The summed E-state index contributed by atoms with van der Waals surface area (Å²) in [6, 6.07) is 19.4. The highest BCUT2D eigenvalue weighted by molar-refractivity contribution is 6.01. The predicted octanol–water partition coefficient (Wildman–Crippen LogP) is 4.41. The topological polar surface area (TPSA) is 85.0 Å². The van der Waals surface area contributed by atoms with Gasteiger partial charge in [-0.25, -0.2) is 9.07 Å². The van der Waals surface area contributed by atoms with Gasteiger partial charge in [0.15, 0.2) is 5.76 Å². The van der Waals surface area contributed by atoms with Crippen LogP contribution < -0.4 is 10.6 Å². The van der Waals surface area contributed by atoms with Crippen LogP contribution in [0.3, 0.4) is 0 Å². The minimum Gasteiger partial charge on any atom is -0.459 e. The van der Waals surface area contributed by atoms with Crippen molar-refractivity contribution in [3.8, 4) is 0 Å². The number of nitrogens with zero attached hydrogens (tertiary/aromatic N) is 3. The SMILES string of the molecule is O=C(Nc1nc2n(n1)[C@H](c1ccc(F)cc1)C[C@H](c1ccccc1)N2)c1ccco1. The zero-order valence-corrected chi connectivity index (χ0v) is 15.8. The average molecular weight is 403 g/mol. The average Bonchev–Trinajstić information content (AvgIpc) is 3.44. The Balaban J connectivity index is 1.50. The fourth-order valence-electron chi connectivity index (χ4n) is 3.67. The number of rotatable bonds is 4. The molecule has 1 aliphatic rings. The number of amides is 1. The lowest BCUT2D eigenvalue weighted by Crippen LogP contribution is -2.28. The van der Waals surface area contributed by atoms with E-state index in [1.54, 1.807) is 28.9 Å². The molecule has 5 rings (SSSR count). The lowest BCUT2D eigenvalue weighted by molar-refractivity contribution is 0.0995. The van der Waals surface area contributed by atoms with E-state index in [0.29, 0.717) is 12.4 Å². The minimum atomic E-state index is -0.430. The Bertz CT molecular complexity index is 1160. The van der Waals surface area contributed by atoms with Crippen molar-refractivity contribution < 1.29 is 13.6 Å². The molecule has 0 aliphatic carbocycles. The first-order valence-corrected chi connectivity index (χ1v) is 9.56. The monoisotopic (exact) mass is 403 g/mol. The fraction of sp³-hybridized carbons (Fsp3) is 0.136. The fourth-order valence-corrected chi connectivity index (χ4v) is 3.67. The Hall–Kier alpha value is -3.94. The van der Waals surface area contributed by atoms with Crippen molar-refractivity contribution >= 4 is 17.8 Å². The number of nitrogens with one attached hydrogen (secondary N) is 2. The summed E-state index contributed by atoms with van der Waals surface area (Å²) in [6.45, 7) is 0. The molecule has 1 aliphatic heterocycles. The Morgan fingerprint density at radius 3 is 2.60 bits per heavy atom. The Labute approximate surface area is 171 Å². The van der Waals surface area contributed by atoms with E-state index in [1.165, 1.54) is 18.4 Å². The molecule has 0 bridgehead atoms. The van der Waals surface area contributed by atoms with Gasteiger partial charge in [0.1, 0.15) is 5.82 Å². The smallest absolute Gasteiger partial charge is 0.293 e. The van der Waals surface area contributed by atoms with Gasteiger partial charge in [-0.05, 0) is 41.8 Å². The number of carbonyl (C=O) groups excluding carboxylic acids is 1. The molecule has 4 aromatic rings. The number of anilines is 2. The van der Waals surface area contributed by atoms with Crippen molar-refractivity contribution in [1.29, 1.82) is 0 Å². The number of hydrogen-bond donors (Lipinski definition) is 2. The van der Waals surface area contributed by atoms with Gasteiger partial charge in [0.2, 0.25) is 5.95 Å². The van der Waals surface area contributed by atoms with Crippen molar-refractivity contribution in [3.63, 3.8) is 0 Å². The second kappa shape index (κ2) is 7.47. The second-order valence-corrected chi connectivity index (χ2v) is 7.05. The van der Waals surface area contributed by atoms with E-state index in [1.807, 2.05) is 30.3 Å². The van der Waals surface area contributed by atoms with Gasteiger partial charge < -0.3 is 9.73 Å². The molecule has 7 nitrogen and oxygen atoms in total. The van der Waals surface area contributed by atoms with Gasteiger partial charge in [-0.15, -0.1) is 5.10 Å². The predicted molar refractivity (Wildman–Crippen MR) is 109 cm³/mol. The van der Waals surface area contributed by atoms with Gasteiger partial charge >= 0.3 is 0 Å². The zero-order chi connectivity index (χ0) is 20.5. The highest BCUT2D eigenvalue weighted by atomic mass is 19.1. The van der Waals surface area contributed by atoms with Gasteiger partial charge in [-0.1, -0.05) is 42.5 Å². The summed E-state index contributed by atoms with van der Waals surface area (Å²) in [5.41, 5.74) is 2.02. The van der Waals surface area contributed by atoms with Gasteiger partial charge in [-0.2, -0.15) is 4.98 Å². The number of benzene rings is 2. The van der Waals surface area contributed by atoms with Crippen LogP contribution in [0, 0.1) is 5.82 Å². The third-order valence-electron chi connectivity index (χ3n) is 5.12. The molecule has 0 unspecified atom stereocenters. The molecule has 1 amide bonds. The Morgan fingerprint density at radius 1 is 1.07 bits per heavy atom. The first-order valence-electron chi connectivity index (χ1n) is 9.56. The van der Waals surface area contributed by atoms with Crippen LogP contribution in [-0.4, -0.2) is 20.7 Å². The van der Waals surface area contributed by atoms with Crippen molar-refractivity contribution in [1.82, 2.24) is 14.8 Å². The third-order valence-corrected chi connectivity index (χ3v) is 5.12. The second-order valence-electron chi connectivity index (χ2n) is 7.05. The molecule has 2 aromatic heterocycles. The van der Waals surface area contributed by atoms with Crippen LogP contribution in [-0.2, 0) is 0 Å². The normalized spacial score (nSPS) is 17.8. The maximum atomic E-state index is 13.5. The molecule has 0 fully saturated rings. The van der Waals surface area contributed by atoms with E-state index in [2.05, 4.69) is 20.7 Å². The number of furan rings is 1. The molecule has 8 heteroatoms. The first-order chi connectivity index (χ1) is 14.7. The molecular weight excluding hydrogens is 385 g/mol. The third kappa shape index (κ3) is 3.43. The summed E-state index contributed by atoms with van der Waals surface area (Å²) in [4.78, 5) is 16.8. The molecule has 0 radical (unpaired) electrons. The van der Waals surface area contributed by atoms with Crippen LogP contribution in [0.25, 0.3) is 0 Å². The van der Waals surface area contributed by atoms with E-state index in [0.717, 1.165) is 11.1 Å². The van der Waals surface area contributed by atoms with E-state index < -0.39 is 5.91 Å². The lowest BCUT2D eigenvalue weighted by Gasteiger charge is -2.31. The summed E-state index contributed by atoms with van der Waals surface area (Å²) < 4.78 is 20.3. The van der Waals surface area contributed by atoms with Crippen molar-refractivity contribution in [3.05, 3.63) is 95.7 Å². The summed E-state index contributed by atoms with van der Waals surface area (Å²) in [6.07, 6.45) is 2.12. The van der Waals surface area contributed by atoms with Crippen molar-refractivity contribution in [2.24, 2.45) is 0 Å². The van der Waals surface area contributed by atoms with Gasteiger partial charge in [0.05, 0.1) is 18.3 Å². The van der Waals surface area contributed by atoms with E-state index >= 15 is 0 Å². The highest BCUT2D eigenvalue weighted by Crippen LogP contribution is 2.38. The van der Waals surface area contributed by atoms with Crippen LogP contribution in [0.2, 0.25) is 0 Å². The maximum Gasteiger partial charge on any atom is 0.293 e. The molecule has 0 spiro atoms.